The Morgan fingerprint density at radius 1 is 1.78 bits per heavy atom. The molecular formula is C4H6Cl2O3. The van der Waals surface area contributed by atoms with E-state index in [0.29, 0.717) is 12.3 Å². The molecule has 0 aliphatic carbocycles. The molecule has 0 saturated heterocycles. The lowest BCUT2D eigenvalue weighted by atomic mass is 10.5. The monoisotopic (exact) mass is 172 g/mol. The highest BCUT2D eigenvalue weighted by atomic mass is 35.5. The topological polar surface area (TPSA) is 46.5 Å². The molecule has 1 unspecified atom stereocenters. The molecule has 0 rings (SSSR count). The third kappa shape index (κ3) is 5.73. The van der Waals surface area contributed by atoms with Gasteiger partial charge in [0.2, 0.25) is 0 Å². The van der Waals surface area contributed by atoms with E-state index < -0.39 is 11.7 Å². The third-order valence-corrected chi connectivity index (χ3v) is 1.09. The smallest absolute Gasteiger partial charge is 0.450 e. The van der Waals surface area contributed by atoms with Crippen LogP contribution in [0.1, 0.15) is 6.42 Å². The number of hydrogen-bond acceptors (Lipinski definition) is 2. The molecule has 0 heterocycles. The quantitative estimate of drug-likeness (QED) is 0.523. The maximum atomic E-state index is 9.73. The van der Waals surface area contributed by atoms with Crippen molar-refractivity contribution in [2.45, 2.75) is 12.0 Å². The van der Waals surface area contributed by atoms with E-state index in [9.17, 15) is 4.79 Å². The number of ether oxygens (including phenoxy) is 1. The summed E-state index contributed by atoms with van der Waals surface area (Å²) in [6, 6.07) is 0. The van der Waals surface area contributed by atoms with E-state index in [1.807, 2.05) is 0 Å². The Morgan fingerprint density at radius 2 is 2.33 bits per heavy atom. The Bertz CT molecular complexity index is 95.8. The number of halogens is 2. The average Bonchev–Trinajstić information content (AvgIpc) is 1.63. The summed E-state index contributed by atoms with van der Waals surface area (Å²) in [5, 5.41) is 7.96. The van der Waals surface area contributed by atoms with Crippen LogP contribution in [0.5, 0.6) is 0 Å². The van der Waals surface area contributed by atoms with Crippen molar-refractivity contribution in [3.05, 3.63) is 0 Å². The van der Waals surface area contributed by atoms with Crippen LogP contribution in [-0.4, -0.2) is 22.7 Å². The van der Waals surface area contributed by atoms with Crippen LogP contribution in [0.15, 0.2) is 0 Å². The van der Waals surface area contributed by atoms with Gasteiger partial charge in [-0.1, -0.05) is 11.6 Å². The van der Waals surface area contributed by atoms with Crippen molar-refractivity contribution < 1.29 is 14.6 Å². The maximum absolute atomic E-state index is 9.73. The Balaban J connectivity index is 3.26. The summed E-state index contributed by atoms with van der Waals surface area (Å²) < 4.78 is 4.09. The van der Waals surface area contributed by atoms with Gasteiger partial charge in [-0.3, -0.25) is 0 Å². The second kappa shape index (κ2) is 4.70. The van der Waals surface area contributed by atoms with Crippen molar-refractivity contribution in [1.82, 2.24) is 0 Å². The van der Waals surface area contributed by atoms with Crippen molar-refractivity contribution in [2.75, 3.05) is 5.88 Å². The van der Waals surface area contributed by atoms with Gasteiger partial charge in [0.25, 0.3) is 0 Å². The molecule has 0 aliphatic rings. The minimum Gasteiger partial charge on any atom is -0.450 e. The van der Waals surface area contributed by atoms with E-state index in [1.54, 1.807) is 0 Å². The minimum atomic E-state index is -1.37. The van der Waals surface area contributed by atoms with Gasteiger partial charge < -0.3 is 9.84 Å². The average molecular weight is 173 g/mol. The van der Waals surface area contributed by atoms with Crippen LogP contribution in [0.3, 0.4) is 0 Å². The van der Waals surface area contributed by atoms with Crippen molar-refractivity contribution in [3.63, 3.8) is 0 Å². The normalized spacial score (nSPS) is 12.7. The fourth-order valence-corrected chi connectivity index (χ4v) is 0.749. The molecule has 0 radical (unpaired) electrons. The van der Waals surface area contributed by atoms with E-state index >= 15 is 0 Å². The molecule has 5 heteroatoms. The van der Waals surface area contributed by atoms with Crippen LogP contribution in [0.4, 0.5) is 4.79 Å². The molecule has 1 N–H and O–H groups in total. The zero-order valence-corrected chi connectivity index (χ0v) is 6.02. The van der Waals surface area contributed by atoms with Gasteiger partial charge in [0.15, 0.2) is 5.56 Å². The van der Waals surface area contributed by atoms with E-state index in [1.165, 1.54) is 0 Å². The SMILES string of the molecule is O=C(O)OC(Cl)CCCl. The first-order valence-corrected chi connectivity index (χ1v) is 3.23. The molecule has 54 valence electrons. The van der Waals surface area contributed by atoms with Crippen LogP contribution in [-0.2, 0) is 4.74 Å². The van der Waals surface area contributed by atoms with Gasteiger partial charge in [-0.05, 0) is 0 Å². The highest BCUT2D eigenvalue weighted by Gasteiger charge is 2.07. The number of carboxylic acid groups (broad SMARTS) is 1. The van der Waals surface area contributed by atoms with E-state index in [-0.39, 0.29) is 0 Å². The van der Waals surface area contributed by atoms with Crippen molar-refractivity contribution in [3.8, 4) is 0 Å². The Labute approximate surface area is 62.5 Å². The van der Waals surface area contributed by atoms with Crippen LogP contribution in [0.25, 0.3) is 0 Å². The minimum absolute atomic E-state index is 0.293. The third-order valence-electron chi connectivity index (χ3n) is 0.565. The summed E-state index contributed by atoms with van der Waals surface area (Å²) in [6.07, 6.45) is -1.05. The summed E-state index contributed by atoms with van der Waals surface area (Å²) in [5.74, 6) is 0.293. The predicted octanol–water partition coefficient (Wildman–Crippen LogP) is 1.87. The van der Waals surface area contributed by atoms with Crippen LogP contribution in [0, 0.1) is 0 Å². The van der Waals surface area contributed by atoms with E-state index in [0.717, 1.165) is 0 Å². The van der Waals surface area contributed by atoms with E-state index in [4.69, 9.17) is 28.3 Å². The molecule has 1 atom stereocenters. The van der Waals surface area contributed by atoms with Crippen molar-refractivity contribution in [1.29, 1.82) is 0 Å². The highest BCUT2D eigenvalue weighted by Crippen LogP contribution is 2.04. The molecule has 0 aromatic rings. The van der Waals surface area contributed by atoms with Crippen LogP contribution >= 0.6 is 23.2 Å². The van der Waals surface area contributed by atoms with Crippen LogP contribution in [0.2, 0.25) is 0 Å². The maximum Gasteiger partial charge on any atom is 0.507 e. The first-order chi connectivity index (χ1) is 4.16. The molecule has 3 nitrogen and oxygen atoms in total. The molecule has 0 saturated carbocycles. The molecule has 0 aromatic heterocycles. The Hall–Kier alpha value is -0.150. The lowest BCUT2D eigenvalue weighted by molar-refractivity contribution is 0.0791. The summed E-state index contributed by atoms with van der Waals surface area (Å²) in [5.41, 5.74) is -0.819. The lowest BCUT2D eigenvalue weighted by Crippen LogP contribution is -2.10. The number of hydrogen-bond donors (Lipinski definition) is 1. The summed E-state index contributed by atoms with van der Waals surface area (Å²) in [4.78, 5) is 9.73. The summed E-state index contributed by atoms with van der Waals surface area (Å²) >= 11 is 10.5. The standard InChI is InChI=1S/C4H6Cl2O3/c5-2-1-3(6)9-4(7)8/h3H,1-2H2,(H,7,8). The van der Waals surface area contributed by atoms with Gasteiger partial charge in [0, 0.05) is 12.3 Å². The molecule has 0 bridgehead atoms. The van der Waals surface area contributed by atoms with Gasteiger partial charge in [-0.25, -0.2) is 4.79 Å². The summed E-state index contributed by atoms with van der Waals surface area (Å²) in [6.45, 7) is 0. The first kappa shape index (κ1) is 8.85. The van der Waals surface area contributed by atoms with E-state index in [2.05, 4.69) is 4.74 Å². The summed E-state index contributed by atoms with van der Waals surface area (Å²) in [7, 11) is 0. The second-order valence-electron chi connectivity index (χ2n) is 1.27. The van der Waals surface area contributed by atoms with Crippen LogP contribution < -0.4 is 0 Å². The number of carbonyl (C=O) groups is 1. The van der Waals surface area contributed by atoms with Crippen molar-refractivity contribution >= 4 is 29.4 Å². The van der Waals surface area contributed by atoms with Gasteiger partial charge >= 0.3 is 6.16 Å². The van der Waals surface area contributed by atoms with Gasteiger partial charge in [0.05, 0.1) is 0 Å². The number of alkyl halides is 2. The van der Waals surface area contributed by atoms with Gasteiger partial charge in [-0.2, -0.15) is 0 Å². The highest BCUT2D eigenvalue weighted by molar-refractivity contribution is 6.21. The molecule has 0 aliphatic heterocycles. The zero-order valence-electron chi connectivity index (χ0n) is 4.51. The molecule has 0 amide bonds. The lowest BCUT2D eigenvalue weighted by Gasteiger charge is -2.03. The molecule has 0 fully saturated rings. The largest absolute Gasteiger partial charge is 0.507 e. The second-order valence-corrected chi connectivity index (χ2v) is 2.14. The zero-order chi connectivity index (χ0) is 7.28. The van der Waals surface area contributed by atoms with Gasteiger partial charge in [0.1, 0.15) is 0 Å². The molecule has 9 heavy (non-hydrogen) atoms. The van der Waals surface area contributed by atoms with Gasteiger partial charge in [-0.15, -0.1) is 11.6 Å². The predicted molar refractivity (Wildman–Crippen MR) is 34.1 cm³/mol. The fourth-order valence-electron chi connectivity index (χ4n) is 0.254. The fraction of sp³-hybridized carbons (Fsp3) is 0.750. The van der Waals surface area contributed by atoms with Crippen molar-refractivity contribution in [2.24, 2.45) is 0 Å². The molecule has 0 spiro atoms. The number of rotatable bonds is 3. The first-order valence-electron chi connectivity index (χ1n) is 2.26. The molecular weight excluding hydrogens is 167 g/mol. The Kier molecular flexibility index (Phi) is 4.62. The Morgan fingerprint density at radius 3 is 2.67 bits per heavy atom. The molecule has 0 aromatic carbocycles.